The van der Waals surface area contributed by atoms with Crippen LogP contribution in [0.25, 0.3) is 5.76 Å². The molecule has 3 aromatic rings. The van der Waals surface area contributed by atoms with E-state index in [9.17, 15) is 14.7 Å². The fourth-order valence-corrected chi connectivity index (χ4v) is 5.40. The molecule has 0 radical (unpaired) electrons. The van der Waals surface area contributed by atoms with E-state index in [1.54, 1.807) is 24.4 Å². The van der Waals surface area contributed by atoms with Crippen LogP contribution in [-0.2, 0) is 15.0 Å². The highest BCUT2D eigenvalue weighted by molar-refractivity contribution is 6.51. The standard InChI is InChI=1S/C32H35N3O4/c1-32(2,3)21-11-16-26(39-4)24(20-21)29(36)27-28(25-10-6-7-17-33-25)35(31(38)30(27)37)23-14-12-22(13-15-23)34-18-8-5-9-19-34/h6-7,10-17,20,28,36H,5,8-9,18-19H2,1-4H3/b29-27+. The van der Waals surface area contributed by atoms with Crippen LogP contribution in [0.15, 0.2) is 72.4 Å². The number of benzene rings is 2. The first kappa shape index (κ1) is 26.5. The number of ether oxygens (including phenoxy) is 1. The number of hydrogen-bond acceptors (Lipinski definition) is 6. The van der Waals surface area contributed by atoms with E-state index in [1.165, 1.54) is 18.4 Å². The Morgan fingerprint density at radius 2 is 1.64 bits per heavy atom. The SMILES string of the molecule is COc1ccc(C(C)(C)C)cc1/C(O)=C1\C(=O)C(=O)N(c2ccc(N3CCCCC3)cc2)C1c1ccccn1. The third-order valence-electron chi connectivity index (χ3n) is 7.58. The number of ketones is 1. The molecule has 0 saturated carbocycles. The summed E-state index contributed by atoms with van der Waals surface area (Å²) >= 11 is 0. The zero-order chi connectivity index (χ0) is 27.7. The van der Waals surface area contributed by atoms with E-state index in [0.29, 0.717) is 22.7 Å². The number of rotatable bonds is 5. The second kappa shape index (κ2) is 10.6. The highest BCUT2D eigenvalue weighted by Gasteiger charge is 2.48. The summed E-state index contributed by atoms with van der Waals surface area (Å²) in [7, 11) is 1.52. The maximum Gasteiger partial charge on any atom is 0.300 e. The molecule has 1 atom stereocenters. The number of amides is 1. The number of methoxy groups -OCH3 is 1. The van der Waals surface area contributed by atoms with Crippen molar-refractivity contribution in [1.82, 2.24) is 4.98 Å². The number of aliphatic hydroxyl groups excluding tert-OH is 1. The van der Waals surface area contributed by atoms with Crippen molar-refractivity contribution in [3.63, 3.8) is 0 Å². The molecule has 2 fully saturated rings. The monoisotopic (exact) mass is 525 g/mol. The average Bonchev–Trinajstić information content (AvgIpc) is 3.22. The third-order valence-corrected chi connectivity index (χ3v) is 7.58. The molecule has 0 aliphatic carbocycles. The van der Waals surface area contributed by atoms with Gasteiger partial charge >= 0.3 is 0 Å². The number of hydrogen-bond donors (Lipinski definition) is 1. The summed E-state index contributed by atoms with van der Waals surface area (Å²) in [5.41, 5.74) is 3.26. The summed E-state index contributed by atoms with van der Waals surface area (Å²) in [5.74, 6) is -1.33. The number of piperidine rings is 1. The minimum absolute atomic E-state index is 0.0110. The first-order chi connectivity index (χ1) is 18.7. The van der Waals surface area contributed by atoms with Gasteiger partial charge in [-0.2, -0.15) is 0 Å². The van der Waals surface area contributed by atoms with E-state index >= 15 is 0 Å². The van der Waals surface area contributed by atoms with Crippen LogP contribution in [-0.4, -0.2) is 42.0 Å². The molecule has 2 aliphatic heterocycles. The van der Waals surface area contributed by atoms with E-state index in [-0.39, 0.29) is 16.7 Å². The van der Waals surface area contributed by atoms with Crippen molar-refractivity contribution < 1.29 is 19.4 Å². The summed E-state index contributed by atoms with van der Waals surface area (Å²) in [6, 6.07) is 17.7. The number of carbonyl (C=O) groups excluding carboxylic acids is 2. The second-order valence-corrected chi connectivity index (χ2v) is 11.2. The smallest absolute Gasteiger partial charge is 0.300 e. The molecule has 1 N–H and O–H groups in total. The fourth-order valence-electron chi connectivity index (χ4n) is 5.40. The van der Waals surface area contributed by atoms with Crippen LogP contribution in [0, 0.1) is 0 Å². The van der Waals surface area contributed by atoms with Gasteiger partial charge in [0.05, 0.1) is 23.9 Å². The van der Waals surface area contributed by atoms with Crippen LogP contribution >= 0.6 is 0 Å². The van der Waals surface area contributed by atoms with Crippen molar-refractivity contribution in [3.05, 3.63) is 89.3 Å². The molecule has 0 bridgehead atoms. The Morgan fingerprint density at radius 3 is 2.26 bits per heavy atom. The molecule has 1 amide bonds. The molecule has 7 nitrogen and oxygen atoms in total. The summed E-state index contributed by atoms with van der Waals surface area (Å²) in [6.45, 7) is 8.22. The molecule has 0 spiro atoms. The van der Waals surface area contributed by atoms with Crippen molar-refractivity contribution in [2.45, 2.75) is 51.5 Å². The summed E-state index contributed by atoms with van der Waals surface area (Å²) in [5, 5.41) is 11.7. The maximum atomic E-state index is 13.6. The van der Waals surface area contributed by atoms with E-state index in [1.807, 2.05) is 42.5 Å². The van der Waals surface area contributed by atoms with Crippen LogP contribution in [0.3, 0.4) is 0 Å². The number of anilines is 2. The summed E-state index contributed by atoms with van der Waals surface area (Å²) < 4.78 is 5.55. The number of carbonyl (C=O) groups is 2. The Morgan fingerprint density at radius 1 is 0.949 bits per heavy atom. The van der Waals surface area contributed by atoms with Gasteiger partial charge in [0, 0.05) is 30.7 Å². The lowest BCUT2D eigenvalue weighted by molar-refractivity contribution is -0.132. The lowest BCUT2D eigenvalue weighted by atomic mass is 9.85. The van der Waals surface area contributed by atoms with Gasteiger partial charge in [-0.1, -0.05) is 32.9 Å². The van der Waals surface area contributed by atoms with Crippen LogP contribution in [0.1, 0.15) is 62.9 Å². The molecule has 5 rings (SSSR count). The summed E-state index contributed by atoms with van der Waals surface area (Å²) in [6.07, 6.45) is 5.19. The van der Waals surface area contributed by atoms with E-state index in [2.05, 4.69) is 30.7 Å². The molecule has 1 aromatic heterocycles. The average molecular weight is 526 g/mol. The second-order valence-electron chi connectivity index (χ2n) is 11.2. The van der Waals surface area contributed by atoms with Gasteiger partial charge in [0.25, 0.3) is 11.7 Å². The molecular formula is C32H35N3O4. The van der Waals surface area contributed by atoms with Gasteiger partial charge in [-0.3, -0.25) is 19.5 Å². The normalized spacial score (nSPS) is 19.4. The van der Waals surface area contributed by atoms with Gasteiger partial charge < -0.3 is 14.7 Å². The Hall–Kier alpha value is -4.13. The lowest BCUT2D eigenvalue weighted by Crippen LogP contribution is -2.31. The molecule has 39 heavy (non-hydrogen) atoms. The minimum Gasteiger partial charge on any atom is -0.507 e. The predicted octanol–water partition coefficient (Wildman–Crippen LogP) is 6.00. The Bertz CT molecular complexity index is 1400. The van der Waals surface area contributed by atoms with Gasteiger partial charge in [-0.15, -0.1) is 0 Å². The zero-order valence-electron chi connectivity index (χ0n) is 23.0. The van der Waals surface area contributed by atoms with E-state index in [0.717, 1.165) is 37.2 Å². The number of Topliss-reactive ketones (excluding diaryl/α,β-unsaturated/α-hetero) is 1. The quantitative estimate of drug-likeness (QED) is 0.250. The number of aromatic nitrogens is 1. The van der Waals surface area contributed by atoms with Gasteiger partial charge in [0.15, 0.2) is 0 Å². The van der Waals surface area contributed by atoms with Crippen molar-refractivity contribution in [3.8, 4) is 5.75 Å². The maximum absolute atomic E-state index is 13.6. The number of pyridine rings is 1. The number of nitrogens with zero attached hydrogens (tertiary/aromatic N) is 3. The highest BCUT2D eigenvalue weighted by Crippen LogP contribution is 2.43. The van der Waals surface area contributed by atoms with Gasteiger partial charge in [-0.05, 0) is 78.8 Å². The van der Waals surface area contributed by atoms with E-state index < -0.39 is 17.7 Å². The van der Waals surface area contributed by atoms with Gasteiger partial charge in [0.2, 0.25) is 0 Å². The van der Waals surface area contributed by atoms with E-state index in [4.69, 9.17) is 4.74 Å². The zero-order valence-corrected chi connectivity index (χ0v) is 23.0. The highest BCUT2D eigenvalue weighted by atomic mass is 16.5. The molecule has 3 heterocycles. The fraction of sp³-hybridized carbons (Fsp3) is 0.344. The Balaban J connectivity index is 1.64. The van der Waals surface area contributed by atoms with Crippen LogP contribution < -0.4 is 14.5 Å². The molecular weight excluding hydrogens is 490 g/mol. The molecule has 202 valence electrons. The third kappa shape index (κ3) is 5.01. The topological polar surface area (TPSA) is 83.0 Å². The molecule has 7 heteroatoms. The van der Waals surface area contributed by atoms with Gasteiger partial charge in [-0.25, -0.2) is 0 Å². The summed E-state index contributed by atoms with van der Waals surface area (Å²) in [4.78, 5) is 35.4. The molecule has 1 unspecified atom stereocenters. The Kier molecular flexibility index (Phi) is 7.17. The van der Waals surface area contributed by atoms with Crippen LogP contribution in [0.5, 0.6) is 5.75 Å². The van der Waals surface area contributed by atoms with Crippen molar-refractivity contribution in [2.75, 3.05) is 30.0 Å². The van der Waals surface area contributed by atoms with Gasteiger partial charge in [0.1, 0.15) is 17.6 Å². The van der Waals surface area contributed by atoms with Crippen molar-refractivity contribution >= 4 is 28.8 Å². The van der Waals surface area contributed by atoms with Crippen LogP contribution in [0.2, 0.25) is 0 Å². The van der Waals surface area contributed by atoms with Crippen molar-refractivity contribution in [1.29, 1.82) is 0 Å². The molecule has 2 aromatic carbocycles. The first-order valence-corrected chi connectivity index (χ1v) is 13.5. The largest absolute Gasteiger partial charge is 0.507 e. The molecule has 2 aliphatic rings. The van der Waals surface area contributed by atoms with Crippen molar-refractivity contribution in [2.24, 2.45) is 0 Å². The Labute approximate surface area is 229 Å². The van der Waals surface area contributed by atoms with Crippen LogP contribution in [0.4, 0.5) is 11.4 Å². The lowest BCUT2D eigenvalue weighted by Gasteiger charge is -2.30. The minimum atomic E-state index is -0.893. The first-order valence-electron chi connectivity index (χ1n) is 13.5. The predicted molar refractivity (Wildman–Crippen MR) is 153 cm³/mol. The number of aliphatic hydroxyl groups is 1. The molecule has 2 saturated heterocycles.